The molecule has 18 heavy (non-hydrogen) atoms. The quantitative estimate of drug-likeness (QED) is 0.753. The Morgan fingerprint density at radius 2 is 2.11 bits per heavy atom. The Kier molecular flexibility index (Phi) is 5.10. The standard InChI is InChI=1S/C12H16N2O4/c1-9-3-2-7-14(12(9)18)8-5-10(15)13-6-4-11(16)17/h2-3,7H,4-6,8H2,1H3,(H,13,15)(H,16,17). The molecule has 6 heteroatoms. The number of carboxylic acid groups (broad SMARTS) is 1. The molecule has 0 aromatic carbocycles. The van der Waals surface area contributed by atoms with Crippen LogP contribution in [0, 0.1) is 6.92 Å². The van der Waals surface area contributed by atoms with Crippen LogP contribution >= 0.6 is 0 Å². The molecule has 0 saturated carbocycles. The van der Waals surface area contributed by atoms with Crippen molar-refractivity contribution in [3.05, 3.63) is 34.2 Å². The van der Waals surface area contributed by atoms with Gasteiger partial charge in [-0.1, -0.05) is 6.07 Å². The molecule has 1 aromatic heterocycles. The van der Waals surface area contributed by atoms with Gasteiger partial charge in [-0.15, -0.1) is 0 Å². The van der Waals surface area contributed by atoms with E-state index in [9.17, 15) is 14.4 Å². The van der Waals surface area contributed by atoms with Crippen LogP contribution in [0.4, 0.5) is 0 Å². The molecule has 2 N–H and O–H groups in total. The minimum Gasteiger partial charge on any atom is -0.481 e. The number of carboxylic acids is 1. The molecule has 1 aromatic rings. The third-order valence-electron chi connectivity index (χ3n) is 2.45. The molecule has 1 heterocycles. The lowest BCUT2D eigenvalue weighted by atomic mass is 10.3. The van der Waals surface area contributed by atoms with Gasteiger partial charge in [0, 0.05) is 31.3 Å². The fourth-order valence-electron chi connectivity index (χ4n) is 1.45. The lowest BCUT2D eigenvalue weighted by Crippen LogP contribution is -2.29. The van der Waals surface area contributed by atoms with E-state index in [4.69, 9.17) is 5.11 Å². The first kappa shape index (κ1) is 14.0. The predicted molar refractivity (Wildman–Crippen MR) is 65.3 cm³/mol. The van der Waals surface area contributed by atoms with Crippen LogP contribution in [0.3, 0.4) is 0 Å². The Bertz CT molecular complexity index is 493. The lowest BCUT2D eigenvalue weighted by molar-refractivity contribution is -0.136. The Hall–Kier alpha value is -2.11. The third kappa shape index (κ3) is 4.40. The number of rotatable bonds is 6. The number of carbonyl (C=O) groups is 2. The second kappa shape index (κ2) is 6.58. The van der Waals surface area contributed by atoms with Crippen LogP contribution in [-0.4, -0.2) is 28.1 Å². The van der Waals surface area contributed by atoms with Crippen molar-refractivity contribution in [3.8, 4) is 0 Å². The molecule has 0 radical (unpaired) electrons. The van der Waals surface area contributed by atoms with Gasteiger partial charge in [-0.25, -0.2) is 0 Å². The van der Waals surface area contributed by atoms with E-state index in [1.165, 1.54) is 4.57 Å². The zero-order valence-corrected chi connectivity index (χ0v) is 10.2. The molecule has 0 bridgehead atoms. The van der Waals surface area contributed by atoms with Crippen LogP contribution in [0.1, 0.15) is 18.4 Å². The highest BCUT2D eigenvalue weighted by Crippen LogP contribution is 1.92. The van der Waals surface area contributed by atoms with E-state index in [0.29, 0.717) is 12.1 Å². The molecule has 0 saturated heterocycles. The molecular weight excluding hydrogens is 236 g/mol. The van der Waals surface area contributed by atoms with Crippen molar-refractivity contribution in [2.24, 2.45) is 0 Å². The van der Waals surface area contributed by atoms with Crippen molar-refractivity contribution in [2.75, 3.05) is 6.54 Å². The Morgan fingerprint density at radius 1 is 1.39 bits per heavy atom. The van der Waals surface area contributed by atoms with E-state index in [2.05, 4.69) is 5.32 Å². The molecule has 1 amide bonds. The van der Waals surface area contributed by atoms with E-state index >= 15 is 0 Å². The maximum atomic E-state index is 11.6. The number of aliphatic carboxylic acids is 1. The molecule has 0 fully saturated rings. The summed E-state index contributed by atoms with van der Waals surface area (Å²) in [6.45, 7) is 2.11. The van der Waals surface area contributed by atoms with E-state index < -0.39 is 5.97 Å². The summed E-state index contributed by atoms with van der Waals surface area (Å²) < 4.78 is 1.46. The first-order chi connectivity index (χ1) is 8.50. The second-order valence-corrected chi connectivity index (χ2v) is 3.93. The summed E-state index contributed by atoms with van der Waals surface area (Å²) in [5.74, 6) is -1.21. The van der Waals surface area contributed by atoms with Gasteiger partial charge >= 0.3 is 5.97 Å². The van der Waals surface area contributed by atoms with Crippen LogP contribution in [0.25, 0.3) is 0 Å². The number of aromatic nitrogens is 1. The van der Waals surface area contributed by atoms with Gasteiger partial charge in [-0.05, 0) is 13.0 Å². The molecule has 0 aliphatic rings. The van der Waals surface area contributed by atoms with Crippen LogP contribution in [-0.2, 0) is 16.1 Å². The Balaban J connectivity index is 2.41. The van der Waals surface area contributed by atoms with Crippen molar-refractivity contribution in [2.45, 2.75) is 26.3 Å². The molecular formula is C12H16N2O4. The van der Waals surface area contributed by atoms with Crippen LogP contribution < -0.4 is 10.9 Å². The number of nitrogens with one attached hydrogen (secondary N) is 1. The number of hydrogen-bond donors (Lipinski definition) is 2. The number of hydrogen-bond acceptors (Lipinski definition) is 3. The highest BCUT2D eigenvalue weighted by Gasteiger charge is 2.04. The van der Waals surface area contributed by atoms with E-state index in [1.807, 2.05) is 0 Å². The monoisotopic (exact) mass is 252 g/mol. The van der Waals surface area contributed by atoms with E-state index in [1.54, 1.807) is 25.3 Å². The summed E-state index contributed by atoms with van der Waals surface area (Å²) in [4.78, 5) is 33.3. The number of nitrogens with zero attached hydrogens (tertiary/aromatic N) is 1. The number of pyridine rings is 1. The normalized spacial score (nSPS) is 10.1. The number of aryl methyl sites for hydroxylation is 2. The minimum absolute atomic E-state index is 0.101. The topological polar surface area (TPSA) is 88.4 Å². The van der Waals surface area contributed by atoms with Gasteiger partial charge in [-0.3, -0.25) is 14.4 Å². The van der Waals surface area contributed by atoms with Gasteiger partial charge in [0.2, 0.25) is 5.91 Å². The molecule has 0 aliphatic heterocycles. The summed E-state index contributed by atoms with van der Waals surface area (Å²) in [7, 11) is 0. The zero-order valence-electron chi connectivity index (χ0n) is 10.2. The van der Waals surface area contributed by atoms with Crippen molar-refractivity contribution < 1.29 is 14.7 Å². The molecule has 98 valence electrons. The van der Waals surface area contributed by atoms with Crippen molar-refractivity contribution in [1.29, 1.82) is 0 Å². The smallest absolute Gasteiger partial charge is 0.305 e. The predicted octanol–water partition coefficient (Wildman–Crippen LogP) is 0.138. The van der Waals surface area contributed by atoms with Gasteiger partial charge in [0.15, 0.2) is 0 Å². The molecule has 0 aliphatic carbocycles. The minimum atomic E-state index is -0.954. The van der Waals surface area contributed by atoms with Crippen molar-refractivity contribution in [3.63, 3.8) is 0 Å². The average Bonchev–Trinajstić information content (AvgIpc) is 2.30. The van der Waals surface area contributed by atoms with Crippen LogP contribution in [0.2, 0.25) is 0 Å². The first-order valence-electron chi connectivity index (χ1n) is 5.65. The average molecular weight is 252 g/mol. The van der Waals surface area contributed by atoms with Crippen molar-refractivity contribution in [1.82, 2.24) is 9.88 Å². The fraction of sp³-hybridized carbons (Fsp3) is 0.417. The number of amides is 1. The van der Waals surface area contributed by atoms with E-state index in [-0.39, 0.29) is 30.9 Å². The summed E-state index contributed by atoms with van der Waals surface area (Å²) in [6, 6.07) is 3.46. The summed E-state index contributed by atoms with van der Waals surface area (Å²) in [5, 5.41) is 10.9. The SMILES string of the molecule is Cc1cccn(CCC(=O)NCCC(=O)O)c1=O. The molecule has 0 atom stereocenters. The molecule has 0 unspecified atom stereocenters. The molecule has 0 spiro atoms. The number of carbonyl (C=O) groups excluding carboxylic acids is 1. The maximum Gasteiger partial charge on any atom is 0.305 e. The largest absolute Gasteiger partial charge is 0.481 e. The van der Waals surface area contributed by atoms with Gasteiger partial charge < -0.3 is 15.0 Å². The van der Waals surface area contributed by atoms with Crippen LogP contribution in [0.5, 0.6) is 0 Å². The highest BCUT2D eigenvalue weighted by molar-refractivity contribution is 5.76. The summed E-state index contributed by atoms with van der Waals surface area (Å²) in [5.41, 5.74) is 0.514. The lowest BCUT2D eigenvalue weighted by Gasteiger charge is -2.06. The van der Waals surface area contributed by atoms with Crippen molar-refractivity contribution >= 4 is 11.9 Å². The fourth-order valence-corrected chi connectivity index (χ4v) is 1.45. The third-order valence-corrected chi connectivity index (χ3v) is 2.45. The summed E-state index contributed by atoms with van der Waals surface area (Å²) >= 11 is 0. The zero-order chi connectivity index (χ0) is 13.5. The van der Waals surface area contributed by atoms with E-state index in [0.717, 1.165) is 0 Å². The molecule has 6 nitrogen and oxygen atoms in total. The Morgan fingerprint density at radius 3 is 2.78 bits per heavy atom. The summed E-state index contributed by atoms with van der Waals surface area (Å²) in [6.07, 6.45) is 1.68. The maximum absolute atomic E-state index is 11.6. The first-order valence-corrected chi connectivity index (χ1v) is 5.65. The van der Waals surface area contributed by atoms with Gasteiger partial charge in [-0.2, -0.15) is 0 Å². The van der Waals surface area contributed by atoms with Crippen LogP contribution in [0.15, 0.2) is 23.1 Å². The Labute approximate surface area is 104 Å². The molecule has 1 rings (SSSR count). The van der Waals surface area contributed by atoms with Gasteiger partial charge in [0.1, 0.15) is 0 Å². The van der Waals surface area contributed by atoms with Gasteiger partial charge in [0.05, 0.1) is 6.42 Å². The van der Waals surface area contributed by atoms with Gasteiger partial charge in [0.25, 0.3) is 5.56 Å². The highest BCUT2D eigenvalue weighted by atomic mass is 16.4. The second-order valence-electron chi connectivity index (χ2n) is 3.93.